The van der Waals surface area contributed by atoms with E-state index in [1.807, 2.05) is 0 Å². The molecule has 1 aromatic carbocycles. The Morgan fingerprint density at radius 2 is 1.68 bits per heavy atom. The minimum absolute atomic E-state index is 0.0512. The van der Waals surface area contributed by atoms with Crippen LogP contribution in [0.15, 0.2) is 46.4 Å². The lowest BCUT2D eigenvalue weighted by molar-refractivity contribution is -0.133. The number of carbonyl (C=O) groups is 3. The molecule has 1 fully saturated rings. The first kappa shape index (κ1) is 19.5. The Kier molecular flexibility index (Phi) is 5.41. The van der Waals surface area contributed by atoms with E-state index in [9.17, 15) is 19.5 Å². The van der Waals surface area contributed by atoms with Crippen LogP contribution in [0.2, 0.25) is 0 Å². The van der Waals surface area contributed by atoms with Gasteiger partial charge in [0.05, 0.1) is 5.56 Å². The molecule has 2 amide bonds. The summed E-state index contributed by atoms with van der Waals surface area (Å²) in [6.45, 7) is 4.24. The lowest BCUT2D eigenvalue weighted by atomic mass is 10.1. The van der Waals surface area contributed by atoms with Gasteiger partial charge in [-0.05, 0) is 50.3 Å². The van der Waals surface area contributed by atoms with Crippen LogP contribution in [0.25, 0.3) is 17.4 Å². The van der Waals surface area contributed by atoms with Crippen molar-refractivity contribution in [3.05, 3.63) is 53.3 Å². The third-order valence-electron chi connectivity index (χ3n) is 4.38. The average molecular weight is 398 g/mol. The van der Waals surface area contributed by atoms with Crippen molar-refractivity contribution >= 4 is 41.2 Å². The van der Waals surface area contributed by atoms with Crippen molar-refractivity contribution in [3.63, 3.8) is 0 Å². The number of hydrogen-bond acceptors (Lipinski definition) is 5. The Bertz CT molecular complexity index is 980. The lowest BCUT2D eigenvalue weighted by Crippen LogP contribution is -2.55. The van der Waals surface area contributed by atoms with Crippen LogP contribution in [0.3, 0.4) is 0 Å². The molecule has 3 rings (SSSR count). The fourth-order valence-electron chi connectivity index (χ4n) is 2.98. The van der Waals surface area contributed by atoms with E-state index in [0.29, 0.717) is 24.4 Å². The highest BCUT2D eigenvalue weighted by atomic mass is 32.1. The standard InChI is InChI=1S/C20H18N2O5S/c1-3-21-17(23)15(18(24)22(4-2)20(21)28)11-12-9-10-16(27-12)13-7-5-6-8-14(13)19(25)26/h5-11H,3-4H2,1-2H3,(H,25,26). The van der Waals surface area contributed by atoms with Crippen molar-refractivity contribution in [2.45, 2.75) is 13.8 Å². The van der Waals surface area contributed by atoms with Gasteiger partial charge in [0.25, 0.3) is 11.8 Å². The van der Waals surface area contributed by atoms with Crippen molar-refractivity contribution in [2.75, 3.05) is 13.1 Å². The molecule has 1 aromatic heterocycles. The monoisotopic (exact) mass is 398 g/mol. The van der Waals surface area contributed by atoms with Crippen molar-refractivity contribution in [1.82, 2.24) is 9.80 Å². The van der Waals surface area contributed by atoms with E-state index in [1.54, 1.807) is 44.2 Å². The van der Waals surface area contributed by atoms with Crippen molar-refractivity contribution in [3.8, 4) is 11.3 Å². The highest BCUT2D eigenvalue weighted by molar-refractivity contribution is 7.80. The van der Waals surface area contributed by atoms with Crippen LogP contribution < -0.4 is 0 Å². The molecule has 0 atom stereocenters. The summed E-state index contributed by atoms with van der Waals surface area (Å²) in [7, 11) is 0. The van der Waals surface area contributed by atoms with Crippen molar-refractivity contribution in [2.24, 2.45) is 0 Å². The van der Waals surface area contributed by atoms with Crippen LogP contribution in [0.1, 0.15) is 30.0 Å². The number of likely N-dealkylation sites (N-methyl/N-ethyl adjacent to an activating group) is 2. The molecule has 28 heavy (non-hydrogen) atoms. The van der Waals surface area contributed by atoms with Gasteiger partial charge in [-0.2, -0.15) is 0 Å². The Morgan fingerprint density at radius 1 is 1.07 bits per heavy atom. The summed E-state index contributed by atoms with van der Waals surface area (Å²) < 4.78 is 5.71. The third-order valence-corrected chi connectivity index (χ3v) is 4.82. The fraction of sp³-hybridized carbons (Fsp3) is 0.200. The van der Waals surface area contributed by atoms with Gasteiger partial charge in [-0.3, -0.25) is 19.4 Å². The van der Waals surface area contributed by atoms with E-state index in [1.165, 1.54) is 21.9 Å². The molecular weight excluding hydrogens is 380 g/mol. The molecule has 8 heteroatoms. The van der Waals surface area contributed by atoms with Gasteiger partial charge < -0.3 is 9.52 Å². The van der Waals surface area contributed by atoms with Gasteiger partial charge in [0, 0.05) is 18.7 Å². The summed E-state index contributed by atoms with van der Waals surface area (Å²) in [5.74, 6) is -1.44. The molecule has 7 nitrogen and oxygen atoms in total. The smallest absolute Gasteiger partial charge is 0.336 e. The topological polar surface area (TPSA) is 91.1 Å². The lowest BCUT2D eigenvalue weighted by Gasteiger charge is -2.35. The predicted molar refractivity (Wildman–Crippen MR) is 106 cm³/mol. The number of furan rings is 1. The number of rotatable bonds is 5. The van der Waals surface area contributed by atoms with Crippen LogP contribution >= 0.6 is 12.2 Å². The fourth-order valence-corrected chi connectivity index (χ4v) is 3.41. The number of carbonyl (C=O) groups excluding carboxylic acids is 2. The van der Waals surface area contributed by atoms with Gasteiger partial charge in [0.15, 0.2) is 5.11 Å². The molecule has 1 saturated heterocycles. The molecule has 0 bridgehead atoms. The first-order chi connectivity index (χ1) is 13.4. The molecule has 1 aliphatic rings. The molecule has 0 radical (unpaired) electrons. The number of nitrogens with zero attached hydrogens (tertiary/aromatic N) is 2. The molecule has 0 saturated carbocycles. The van der Waals surface area contributed by atoms with Crippen LogP contribution in [-0.4, -0.2) is 50.9 Å². The highest BCUT2D eigenvalue weighted by Gasteiger charge is 2.38. The number of aromatic carboxylic acids is 1. The summed E-state index contributed by atoms with van der Waals surface area (Å²) in [6.07, 6.45) is 1.37. The largest absolute Gasteiger partial charge is 0.478 e. The van der Waals surface area contributed by atoms with Crippen LogP contribution in [0.5, 0.6) is 0 Å². The minimum atomic E-state index is -1.07. The zero-order valence-corrected chi connectivity index (χ0v) is 16.2. The maximum absolute atomic E-state index is 12.7. The Hall–Kier alpha value is -3.26. The van der Waals surface area contributed by atoms with Crippen LogP contribution in [-0.2, 0) is 9.59 Å². The second-order valence-electron chi connectivity index (χ2n) is 5.99. The Morgan fingerprint density at radius 3 is 2.25 bits per heavy atom. The average Bonchev–Trinajstić information content (AvgIpc) is 3.14. The summed E-state index contributed by atoms with van der Waals surface area (Å²) in [5, 5.41) is 9.52. The molecule has 0 aliphatic carbocycles. The van der Waals surface area contributed by atoms with E-state index in [0.717, 1.165) is 0 Å². The zero-order valence-electron chi connectivity index (χ0n) is 15.3. The molecule has 0 unspecified atom stereocenters. The number of carboxylic acids is 1. The summed E-state index contributed by atoms with van der Waals surface area (Å²) in [6, 6.07) is 9.63. The Labute approximate surface area is 166 Å². The summed E-state index contributed by atoms with van der Waals surface area (Å²) >= 11 is 5.23. The molecule has 2 heterocycles. The molecule has 0 spiro atoms. The van der Waals surface area contributed by atoms with Gasteiger partial charge in [0.2, 0.25) is 0 Å². The van der Waals surface area contributed by atoms with E-state index < -0.39 is 17.8 Å². The van der Waals surface area contributed by atoms with Gasteiger partial charge in [0.1, 0.15) is 17.1 Å². The second-order valence-corrected chi connectivity index (χ2v) is 6.36. The van der Waals surface area contributed by atoms with Gasteiger partial charge >= 0.3 is 5.97 Å². The molecule has 2 aromatic rings. The highest BCUT2D eigenvalue weighted by Crippen LogP contribution is 2.28. The van der Waals surface area contributed by atoms with E-state index in [-0.39, 0.29) is 22.0 Å². The van der Waals surface area contributed by atoms with Crippen LogP contribution in [0, 0.1) is 0 Å². The number of amides is 2. The molecule has 144 valence electrons. The quantitative estimate of drug-likeness (QED) is 0.473. The van der Waals surface area contributed by atoms with E-state index in [4.69, 9.17) is 16.6 Å². The SMILES string of the molecule is CCN1C(=O)C(=Cc2ccc(-c3ccccc3C(=O)O)o2)C(=O)N(CC)C1=S. The van der Waals surface area contributed by atoms with Crippen molar-refractivity contribution in [1.29, 1.82) is 0 Å². The summed E-state index contributed by atoms with van der Waals surface area (Å²) in [5.41, 5.74) is 0.456. The predicted octanol–water partition coefficient (Wildman–Crippen LogP) is 3.02. The van der Waals surface area contributed by atoms with Gasteiger partial charge in [-0.25, -0.2) is 4.79 Å². The first-order valence-electron chi connectivity index (χ1n) is 8.70. The molecule has 1 aliphatic heterocycles. The van der Waals surface area contributed by atoms with Gasteiger partial charge in [-0.15, -0.1) is 0 Å². The number of thiocarbonyl (C=S) groups is 1. The third kappa shape index (κ3) is 3.34. The minimum Gasteiger partial charge on any atom is -0.478 e. The summed E-state index contributed by atoms with van der Waals surface area (Å²) in [4.78, 5) is 39.5. The maximum Gasteiger partial charge on any atom is 0.336 e. The maximum atomic E-state index is 12.7. The van der Waals surface area contributed by atoms with Gasteiger partial charge in [-0.1, -0.05) is 18.2 Å². The van der Waals surface area contributed by atoms with E-state index >= 15 is 0 Å². The van der Waals surface area contributed by atoms with Crippen molar-refractivity contribution < 1.29 is 23.9 Å². The normalized spacial score (nSPS) is 14.6. The number of benzene rings is 1. The zero-order chi connectivity index (χ0) is 20.4. The molecule has 1 N–H and O–H groups in total. The number of carboxylic acid groups (broad SMARTS) is 1. The van der Waals surface area contributed by atoms with E-state index in [2.05, 4.69) is 0 Å². The van der Waals surface area contributed by atoms with Crippen LogP contribution in [0.4, 0.5) is 0 Å². The Balaban J connectivity index is 2.01. The number of hydrogen-bond donors (Lipinski definition) is 1. The first-order valence-corrected chi connectivity index (χ1v) is 9.11. The molecular formula is C20H18N2O5S. The second kappa shape index (κ2) is 7.77.